The number of hydrogen-bond acceptors (Lipinski definition) is 12. The second kappa shape index (κ2) is 17.4. The van der Waals surface area contributed by atoms with Gasteiger partial charge in [-0.15, -0.1) is 20.5 Å². The summed E-state index contributed by atoms with van der Waals surface area (Å²) in [7, 11) is -9.81. The number of fused-ring (bicyclic) bond motifs is 2. The van der Waals surface area contributed by atoms with E-state index < -0.39 is 30.0 Å². The molecular formula is C38H26N6Na2O6S2. The Hall–Kier alpha value is -4.32. The van der Waals surface area contributed by atoms with Crippen molar-refractivity contribution in [2.75, 3.05) is 10.6 Å². The second-order valence-electron chi connectivity index (χ2n) is 11.5. The van der Waals surface area contributed by atoms with E-state index in [9.17, 15) is 25.9 Å². The van der Waals surface area contributed by atoms with E-state index in [0.29, 0.717) is 27.8 Å². The van der Waals surface area contributed by atoms with Crippen molar-refractivity contribution in [1.29, 1.82) is 0 Å². The molecule has 54 heavy (non-hydrogen) atoms. The molecule has 0 aromatic heterocycles. The normalized spacial score (nSPS) is 11.7. The van der Waals surface area contributed by atoms with Gasteiger partial charge in [-0.1, -0.05) is 66.7 Å². The smallest absolute Gasteiger partial charge is 0.744 e. The van der Waals surface area contributed by atoms with E-state index in [2.05, 4.69) is 31.1 Å². The zero-order valence-electron chi connectivity index (χ0n) is 28.9. The largest absolute Gasteiger partial charge is 1.00 e. The standard InChI is InChI=1S/C38H28N6O6S2.2Na/c45-51(46,47)29-16-17-31-25(21-29)22-30(52(48,49)50)24-37(31)44-42-35-20-19-34(32-13-7-8-14-33(32)35)41-43-36-18-15-28(39-26-9-3-1-4-10-26)23-38(36)40-27-11-5-2-6-12-27;;/h1-24,39-40H,(H,45,46,47)(H,48,49,50);;/q;2*+1/p-2. The fourth-order valence-corrected chi connectivity index (χ4v) is 6.54. The number of hydrogen-bond donors (Lipinski definition) is 2. The summed E-state index contributed by atoms with van der Waals surface area (Å²) in [4.78, 5) is -1.23. The van der Waals surface area contributed by atoms with E-state index >= 15 is 0 Å². The molecule has 0 atom stereocenters. The van der Waals surface area contributed by atoms with Crippen molar-refractivity contribution in [1.82, 2.24) is 0 Å². The molecule has 258 valence electrons. The van der Waals surface area contributed by atoms with Gasteiger partial charge in [0.2, 0.25) is 0 Å². The topological polar surface area (TPSA) is 188 Å². The van der Waals surface area contributed by atoms with Gasteiger partial charge in [-0.25, -0.2) is 16.8 Å². The molecule has 0 amide bonds. The molecule has 0 saturated heterocycles. The molecule has 0 aliphatic heterocycles. The molecule has 0 fully saturated rings. The zero-order chi connectivity index (χ0) is 36.3. The second-order valence-corrected chi connectivity index (χ2v) is 14.3. The molecular weight excluding hydrogens is 747 g/mol. The Bertz CT molecular complexity index is 2750. The molecule has 0 spiro atoms. The Morgan fingerprint density at radius 1 is 0.407 bits per heavy atom. The van der Waals surface area contributed by atoms with E-state index in [1.165, 1.54) is 6.07 Å². The third kappa shape index (κ3) is 9.67. The van der Waals surface area contributed by atoms with Crippen molar-refractivity contribution in [3.8, 4) is 0 Å². The van der Waals surface area contributed by atoms with E-state index in [1.807, 2.05) is 103 Å². The van der Waals surface area contributed by atoms with E-state index in [-0.39, 0.29) is 75.6 Å². The summed E-state index contributed by atoms with van der Waals surface area (Å²) in [6.45, 7) is 0. The number of anilines is 4. The minimum absolute atomic E-state index is 0. The Morgan fingerprint density at radius 3 is 1.46 bits per heavy atom. The van der Waals surface area contributed by atoms with Crippen LogP contribution in [-0.2, 0) is 20.2 Å². The number of nitrogens with one attached hydrogen (secondary N) is 2. The summed E-state index contributed by atoms with van der Waals surface area (Å²) >= 11 is 0. The third-order valence-electron chi connectivity index (χ3n) is 7.97. The molecule has 0 saturated carbocycles. The first-order valence-electron chi connectivity index (χ1n) is 15.6. The SMILES string of the molecule is O=S(=O)([O-])c1ccc2c(N=Nc3ccc(N=Nc4ccc(Nc5ccccc5)cc4Nc4ccccc4)c4ccccc34)cc(S(=O)(=O)[O-])cc2c1.[Na+].[Na+]. The van der Waals surface area contributed by atoms with Crippen LogP contribution in [-0.4, -0.2) is 25.9 Å². The monoisotopic (exact) mass is 772 g/mol. The first kappa shape index (κ1) is 40.9. The Kier molecular flexibility index (Phi) is 13.2. The third-order valence-corrected chi connectivity index (χ3v) is 9.62. The number of para-hydroxylation sites is 2. The van der Waals surface area contributed by atoms with Crippen LogP contribution in [0.5, 0.6) is 0 Å². The molecule has 7 aromatic rings. The van der Waals surface area contributed by atoms with Gasteiger partial charge in [0.25, 0.3) is 0 Å². The minimum atomic E-state index is -4.97. The first-order valence-corrected chi connectivity index (χ1v) is 18.5. The fourth-order valence-electron chi connectivity index (χ4n) is 5.51. The van der Waals surface area contributed by atoms with Gasteiger partial charge in [0, 0.05) is 33.2 Å². The van der Waals surface area contributed by atoms with Crippen molar-refractivity contribution in [3.63, 3.8) is 0 Å². The molecule has 2 N–H and O–H groups in total. The predicted molar refractivity (Wildman–Crippen MR) is 198 cm³/mol. The van der Waals surface area contributed by atoms with Crippen LogP contribution in [0.1, 0.15) is 0 Å². The van der Waals surface area contributed by atoms with Crippen molar-refractivity contribution in [2.45, 2.75) is 9.79 Å². The van der Waals surface area contributed by atoms with Crippen LogP contribution in [0, 0.1) is 0 Å². The molecule has 16 heteroatoms. The molecule has 7 rings (SSSR count). The summed E-state index contributed by atoms with van der Waals surface area (Å²) in [6.07, 6.45) is 0. The Balaban J connectivity index is 0.00000280. The predicted octanol–water partition coefficient (Wildman–Crippen LogP) is 4.13. The summed E-state index contributed by atoms with van der Waals surface area (Å²) in [5, 5.41) is 26.3. The van der Waals surface area contributed by atoms with Crippen LogP contribution in [0.3, 0.4) is 0 Å². The molecule has 12 nitrogen and oxygen atoms in total. The molecule has 0 bridgehead atoms. The minimum Gasteiger partial charge on any atom is -0.744 e. The quantitative estimate of drug-likeness (QED) is 0.118. The van der Waals surface area contributed by atoms with Gasteiger partial charge in [0.15, 0.2) is 0 Å². The maximum Gasteiger partial charge on any atom is 1.00 e. The van der Waals surface area contributed by atoms with Crippen molar-refractivity contribution in [3.05, 3.63) is 146 Å². The van der Waals surface area contributed by atoms with Gasteiger partial charge in [-0.3, -0.25) is 0 Å². The van der Waals surface area contributed by atoms with Gasteiger partial charge in [-0.05, 0) is 84.2 Å². The van der Waals surface area contributed by atoms with Gasteiger partial charge in [0.1, 0.15) is 25.9 Å². The average molecular weight is 773 g/mol. The van der Waals surface area contributed by atoms with Crippen LogP contribution < -0.4 is 69.7 Å². The van der Waals surface area contributed by atoms with E-state index in [1.54, 1.807) is 12.1 Å². The van der Waals surface area contributed by atoms with E-state index in [4.69, 9.17) is 0 Å². The Labute approximate surface area is 355 Å². The summed E-state index contributed by atoms with van der Waals surface area (Å²) < 4.78 is 70.6. The molecule has 0 aliphatic carbocycles. The summed E-state index contributed by atoms with van der Waals surface area (Å²) in [5.74, 6) is 0. The fraction of sp³-hybridized carbons (Fsp3) is 0. The molecule has 0 aliphatic rings. The first-order chi connectivity index (χ1) is 25.0. The maximum absolute atomic E-state index is 11.9. The number of rotatable bonds is 10. The van der Waals surface area contributed by atoms with Crippen LogP contribution in [0.15, 0.2) is 176 Å². The van der Waals surface area contributed by atoms with Gasteiger partial charge in [-0.2, -0.15) is 0 Å². The maximum atomic E-state index is 11.9. The molecule has 7 aromatic carbocycles. The summed E-state index contributed by atoms with van der Waals surface area (Å²) in [6, 6.07) is 41.4. The number of benzene rings is 7. The van der Waals surface area contributed by atoms with Crippen molar-refractivity contribution in [2.24, 2.45) is 20.5 Å². The van der Waals surface area contributed by atoms with Crippen molar-refractivity contribution < 1.29 is 85.1 Å². The van der Waals surface area contributed by atoms with Crippen LogP contribution in [0.25, 0.3) is 21.5 Å². The van der Waals surface area contributed by atoms with Crippen LogP contribution >= 0.6 is 0 Å². The average Bonchev–Trinajstić information content (AvgIpc) is 3.13. The zero-order valence-corrected chi connectivity index (χ0v) is 34.5. The Morgan fingerprint density at radius 2 is 0.889 bits per heavy atom. The molecule has 0 radical (unpaired) electrons. The van der Waals surface area contributed by atoms with Gasteiger partial charge < -0.3 is 19.7 Å². The van der Waals surface area contributed by atoms with Crippen molar-refractivity contribution >= 4 is 87.3 Å². The van der Waals surface area contributed by atoms with Gasteiger partial charge in [0.05, 0.1) is 32.5 Å². The van der Waals surface area contributed by atoms with Crippen LogP contribution in [0.4, 0.5) is 45.5 Å². The summed E-state index contributed by atoms with van der Waals surface area (Å²) in [5.41, 5.74) is 4.90. The number of nitrogens with zero attached hydrogens (tertiary/aromatic N) is 4. The van der Waals surface area contributed by atoms with E-state index in [0.717, 1.165) is 47.0 Å². The van der Waals surface area contributed by atoms with Crippen LogP contribution in [0.2, 0.25) is 0 Å². The molecule has 0 heterocycles. The molecule has 0 unspecified atom stereocenters. The van der Waals surface area contributed by atoms with Gasteiger partial charge >= 0.3 is 59.1 Å². The number of azo groups is 2.